The molecule has 1 saturated heterocycles. The van der Waals surface area contributed by atoms with E-state index in [4.69, 9.17) is 4.74 Å². The number of hydrogen-bond acceptors (Lipinski definition) is 4. The zero-order valence-electron chi connectivity index (χ0n) is 13.2. The summed E-state index contributed by atoms with van der Waals surface area (Å²) in [6.07, 6.45) is 1.81. The number of hydrogen-bond donors (Lipinski definition) is 1. The molecule has 0 spiro atoms. The molecule has 2 heterocycles. The summed E-state index contributed by atoms with van der Waals surface area (Å²) in [7, 11) is 1.63. The van der Waals surface area contributed by atoms with Crippen molar-refractivity contribution in [3.8, 4) is 11.4 Å². The van der Waals surface area contributed by atoms with Gasteiger partial charge in [-0.25, -0.2) is 4.68 Å². The lowest BCUT2D eigenvalue weighted by molar-refractivity contribution is 0.0649. The normalized spacial score (nSPS) is 17.5. The molecule has 0 saturated carbocycles. The molecule has 0 radical (unpaired) electrons. The lowest BCUT2D eigenvalue weighted by atomic mass is 10.2. The van der Waals surface area contributed by atoms with Crippen molar-refractivity contribution >= 4 is 18.3 Å². The number of nitrogens with zero attached hydrogens (tertiary/aromatic N) is 3. The van der Waals surface area contributed by atoms with E-state index in [-0.39, 0.29) is 24.4 Å². The monoisotopic (exact) mass is 336 g/mol. The summed E-state index contributed by atoms with van der Waals surface area (Å²) >= 11 is 0. The van der Waals surface area contributed by atoms with Gasteiger partial charge in [0.05, 0.1) is 12.8 Å². The van der Waals surface area contributed by atoms with Crippen LogP contribution in [0.3, 0.4) is 0 Å². The van der Waals surface area contributed by atoms with Gasteiger partial charge in [-0.1, -0.05) is 0 Å². The highest BCUT2D eigenvalue weighted by Crippen LogP contribution is 2.15. The standard InChI is InChI=1S/C16H20N4O2.ClH/c1-12-11-17-8-10-19(12)16(21)15-7-9-20(18-15)13-3-5-14(22-2)6-4-13;/h3-7,9,12,17H,8,10-11H2,1-2H3;1H/t12-;/m1./s1. The number of carbonyl (C=O) groups is 1. The maximum absolute atomic E-state index is 12.6. The molecule has 1 fully saturated rings. The fourth-order valence-electron chi connectivity index (χ4n) is 2.61. The van der Waals surface area contributed by atoms with E-state index in [0.29, 0.717) is 5.69 Å². The minimum absolute atomic E-state index is 0. The van der Waals surface area contributed by atoms with Gasteiger partial charge in [0.2, 0.25) is 0 Å². The first-order valence-electron chi connectivity index (χ1n) is 7.41. The quantitative estimate of drug-likeness (QED) is 0.927. The SMILES string of the molecule is COc1ccc(-n2ccc(C(=O)N3CCNC[C@H]3C)n2)cc1.Cl. The van der Waals surface area contributed by atoms with Crippen molar-refractivity contribution in [2.75, 3.05) is 26.7 Å². The number of aromatic nitrogens is 2. The van der Waals surface area contributed by atoms with Gasteiger partial charge in [-0.2, -0.15) is 5.10 Å². The Morgan fingerprint density at radius 1 is 1.30 bits per heavy atom. The third kappa shape index (κ3) is 3.65. The molecule has 1 aliphatic rings. The number of carbonyl (C=O) groups excluding carboxylic acids is 1. The van der Waals surface area contributed by atoms with Gasteiger partial charge in [-0.15, -0.1) is 12.4 Å². The van der Waals surface area contributed by atoms with E-state index < -0.39 is 0 Å². The van der Waals surface area contributed by atoms with Gasteiger partial charge < -0.3 is 15.0 Å². The molecule has 1 amide bonds. The average molecular weight is 337 g/mol. The van der Waals surface area contributed by atoms with Crippen LogP contribution in [0.15, 0.2) is 36.5 Å². The molecule has 7 heteroatoms. The van der Waals surface area contributed by atoms with Crippen molar-refractivity contribution in [1.29, 1.82) is 0 Å². The minimum atomic E-state index is -0.0127. The highest BCUT2D eigenvalue weighted by Gasteiger charge is 2.25. The first-order valence-corrected chi connectivity index (χ1v) is 7.41. The minimum Gasteiger partial charge on any atom is -0.497 e. The Morgan fingerprint density at radius 2 is 2.04 bits per heavy atom. The maximum Gasteiger partial charge on any atom is 0.274 e. The van der Waals surface area contributed by atoms with Crippen LogP contribution >= 0.6 is 12.4 Å². The molecule has 0 aliphatic carbocycles. The van der Waals surface area contributed by atoms with Crippen molar-refractivity contribution in [2.24, 2.45) is 0 Å². The smallest absolute Gasteiger partial charge is 0.274 e. The van der Waals surface area contributed by atoms with Crippen LogP contribution in [0.5, 0.6) is 5.75 Å². The molecule has 23 heavy (non-hydrogen) atoms. The molecule has 1 atom stereocenters. The van der Waals surface area contributed by atoms with Gasteiger partial charge >= 0.3 is 0 Å². The average Bonchev–Trinajstić information content (AvgIpc) is 3.05. The number of ether oxygens (including phenoxy) is 1. The zero-order valence-corrected chi connectivity index (χ0v) is 14.0. The maximum atomic E-state index is 12.6. The van der Waals surface area contributed by atoms with Gasteiger partial charge in [0.15, 0.2) is 5.69 Å². The number of benzene rings is 1. The van der Waals surface area contributed by atoms with Crippen molar-refractivity contribution in [3.05, 3.63) is 42.2 Å². The van der Waals surface area contributed by atoms with Gasteiger partial charge in [0, 0.05) is 31.9 Å². The van der Waals surface area contributed by atoms with Crippen LogP contribution in [0.4, 0.5) is 0 Å². The number of rotatable bonds is 3. The van der Waals surface area contributed by atoms with Crippen LogP contribution < -0.4 is 10.1 Å². The van der Waals surface area contributed by atoms with Crippen LogP contribution in [0.1, 0.15) is 17.4 Å². The molecule has 0 unspecified atom stereocenters. The Labute approximate surface area is 141 Å². The summed E-state index contributed by atoms with van der Waals surface area (Å²) in [4.78, 5) is 14.4. The Hall–Kier alpha value is -2.05. The predicted octanol–water partition coefficient (Wildman–Crippen LogP) is 1.74. The van der Waals surface area contributed by atoms with E-state index in [1.54, 1.807) is 17.9 Å². The summed E-state index contributed by atoms with van der Waals surface area (Å²) in [6, 6.07) is 9.52. The largest absolute Gasteiger partial charge is 0.497 e. The highest BCUT2D eigenvalue weighted by molar-refractivity contribution is 5.92. The lowest BCUT2D eigenvalue weighted by Crippen LogP contribution is -2.52. The zero-order chi connectivity index (χ0) is 15.5. The Bertz CT molecular complexity index is 656. The molecule has 1 aliphatic heterocycles. The first-order chi connectivity index (χ1) is 10.7. The van der Waals surface area contributed by atoms with Crippen molar-refractivity contribution in [2.45, 2.75) is 13.0 Å². The fourth-order valence-corrected chi connectivity index (χ4v) is 2.61. The first kappa shape index (κ1) is 17.3. The molecule has 0 bridgehead atoms. The van der Waals surface area contributed by atoms with E-state index >= 15 is 0 Å². The van der Waals surface area contributed by atoms with Crippen molar-refractivity contribution < 1.29 is 9.53 Å². The molecule has 6 nitrogen and oxygen atoms in total. The Balaban J connectivity index is 0.00000192. The van der Waals surface area contributed by atoms with Crippen LogP contribution in [-0.2, 0) is 0 Å². The van der Waals surface area contributed by atoms with E-state index in [0.717, 1.165) is 31.1 Å². The second-order valence-corrected chi connectivity index (χ2v) is 5.40. The molecule has 1 N–H and O–H groups in total. The Kier molecular flexibility index (Phi) is 5.63. The molecule has 1 aromatic carbocycles. The van der Waals surface area contributed by atoms with Crippen molar-refractivity contribution in [3.63, 3.8) is 0 Å². The molecular weight excluding hydrogens is 316 g/mol. The van der Waals surface area contributed by atoms with E-state index in [2.05, 4.69) is 10.4 Å². The number of piperazine rings is 1. The third-order valence-electron chi connectivity index (χ3n) is 3.91. The number of nitrogens with one attached hydrogen (secondary N) is 1. The Morgan fingerprint density at radius 3 is 2.70 bits per heavy atom. The molecule has 2 aromatic rings. The molecular formula is C16H21ClN4O2. The van der Waals surface area contributed by atoms with Crippen LogP contribution in [0.2, 0.25) is 0 Å². The number of methoxy groups -OCH3 is 1. The van der Waals surface area contributed by atoms with E-state index in [1.165, 1.54) is 0 Å². The summed E-state index contributed by atoms with van der Waals surface area (Å²) in [5, 5.41) is 7.69. The number of amides is 1. The second kappa shape index (κ2) is 7.48. The van der Waals surface area contributed by atoms with Gasteiger partial charge in [-0.05, 0) is 37.3 Å². The molecule has 3 rings (SSSR count). The van der Waals surface area contributed by atoms with Crippen LogP contribution in [-0.4, -0.2) is 53.4 Å². The summed E-state index contributed by atoms with van der Waals surface area (Å²) in [6.45, 7) is 4.42. The molecule has 1 aromatic heterocycles. The van der Waals surface area contributed by atoms with Gasteiger partial charge in [0.25, 0.3) is 5.91 Å². The predicted molar refractivity (Wildman–Crippen MR) is 90.7 cm³/mol. The highest BCUT2D eigenvalue weighted by atomic mass is 35.5. The second-order valence-electron chi connectivity index (χ2n) is 5.40. The summed E-state index contributed by atoms with van der Waals surface area (Å²) in [5.74, 6) is 0.781. The summed E-state index contributed by atoms with van der Waals surface area (Å²) < 4.78 is 6.85. The third-order valence-corrected chi connectivity index (χ3v) is 3.91. The molecule has 124 valence electrons. The van der Waals surface area contributed by atoms with Crippen LogP contribution in [0, 0.1) is 0 Å². The van der Waals surface area contributed by atoms with Gasteiger partial charge in [0.1, 0.15) is 5.75 Å². The van der Waals surface area contributed by atoms with Gasteiger partial charge in [-0.3, -0.25) is 4.79 Å². The lowest BCUT2D eigenvalue weighted by Gasteiger charge is -2.33. The van der Waals surface area contributed by atoms with Crippen molar-refractivity contribution in [1.82, 2.24) is 20.0 Å². The van der Waals surface area contributed by atoms with E-state index in [1.807, 2.05) is 42.3 Å². The van der Waals surface area contributed by atoms with Crippen LogP contribution in [0.25, 0.3) is 5.69 Å². The van der Waals surface area contributed by atoms with E-state index in [9.17, 15) is 4.79 Å². The topological polar surface area (TPSA) is 59.4 Å². The fraction of sp³-hybridized carbons (Fsp3) is 0.375. The number of halogens is 1. The summed E-state index contributed by atoms with van der Waals surface area (Å²) in [5.41, 5.74) is 1.37.